The predicted molar refractivity (Wildman–Crippen MR) is 409 cm³/mol. The fourth-order valence-electron chi connectivity index (χ4n) is 14.8. The van der Waals surface area contributed by atoms with Gasteiger partial charge in [0.05, 0.1) is 0 Å². The molecule has 2 saturated heterocycles. The van der Waals surface area contributed by atoms with Crippen LogP contribution in [0, 0.1) is 83.5 Å². The van der Waals surface area contributed by atoms with Gasteiger partial charge in [0, 0.05) is 26.4 Å². The molecule has 0 atom stereocenters. The molecule has 0 amide bonds. The van der Waals surface area contributed by atoms with Crippen molar-refractivity contribution in [2.45, 2.75) is 427 Å². The largest absolute Gasteiger partial charge is 4.00 e. The molecule has 0 aromatic heterocycles. The third kappa shape index (κ3) is 37.5. The molecule has 10 nitrogen and oxygen atoms in total. The van der Waals surface area contributed by atoms with Gasteiger partial charge in [-0.3, -0.25) is 0 Å². The van der Waals surface area contributed by atoms with Gasteiger partial charge in [-0.25, -0.2) is 0 Å². The second kappa shape index (κ2) is 51.7. The van der Waals surface area contributed by atoms with E-state index in [9.17, 15) is 39.0 Å². The van der Waals surface area contributed by atoms with Crippen molar-refractivity contribution in [2.75, 3.05) is 26.4 Å². The van der Waals surface area contributed by atoms with Crippen molar-refractivity contribution in [2.24, 2.45) is 0 Å². The average molecular weight is 1680 g/mol. The Labute approximate surface area is 662 Å². The minimum Gasteiger partial charge on any atom is -0.872 e. The van der Waals surface area contributed by atoms with Crippen LogP contribution in [0.5, 0.6) is 11.5 Å². The summed E-state index contributed by atoms with van der Waals surface area (Å²) in [6.45, 7) is 90.6. The van der Waals surface area contributed by atoms with Crippen LogP contribution in [0.2, 0.25) is 99.7 Å². The van der Waals surface area contributed by atoms with Crippen LogP contribution < -0.4 is 39.0 Å². The SMILES string of the molecule is C1CCOC1.C1CCOC1.CC(C)(C)c1cc([O-])c(C(C)(C)C)cc1[O-].CC(C)[Si]([O-])(C(C)C)C(C)C.CC(C)[Si]([O-])(C(C)C)C(C)C.CC(C)[Si]([O-])(C(C)C)C(C)C.CC(C)[Si]([O-])(C(C)C)C(C)C.CC(C)[Si]([O-])(C(C)C)C(C)C.CC(C)[Si]([O-])(C(C)C)C(C)C.[Ce+4].[Ce+4]. The molecule has 94 heavy (non-hydrogen) atoms. The smallest absolute Gasteiger partial charge is 0.872 e. The van der Waals surface area contributed by atoms with Crippen molar-refractivity contribution in [3.63, 3.8) is 0 Å². The Morgan fingerprint density at radius 2 is 0.340 bits per heavy atom. The molecule has 0 aliphatic carbocycles. The minimum atomic E-state index is -2.23. The molecule has 0 spiro atoms. The van der Waals surface area contributed by atoms with Crippen LogP contribution in [0.4, 0.5) is 0 Å². The van der Waals surface area contributed by atoms with Gasteiger partial charge in [0.1, 0.15) is 0 Å². The summed E-state index contributed by atoms with van der Waals surface area (Å²) in [4.78, 5) is 74.0. The van der Waals surface area contributed by atoms with Gasteiger partial charge >= 0.3 is 83.5 Å². The first kappa shape index (κ1) is 112. The van der Waals surface area contributed by atoms with Gasteiger partial charge in [-0.2, -0.15) is 0 Å². The zero-order valence-electron chi connectivity index (χ0n) is 70.3. The fraction of sp³-hybridized carbons (Fsp3) is 0.921. The van der Waals surface area contributed by atoms with Gasteiger partial charge in [-0.15, -0.1) is 11.5 Å². The number of benzene rings is 1. The third-order valence-corrected chi connectivity index (χ3v) is 53.1. The second-order valence-corrected chi connectivity index (χ2v) is 65.9. The molecule has 18 heteroatoms. The van der Waals surface area contributed by atoms with Gasteiger partial charge in [-0.05, 0) is 86.4 Å². The van der Waals surface area contributed by atoms with Crippen LogP contribution in [-0.2, 0) is 20.3 Å². The van der Waals surface area contributed by atoms with Crippen molar-refractivity contribution >= 4 is 49.9 Å². The molecule has 1 aromatic rings. The van der Waals surface area contributed by atoms with Crippen molar-refractivity contribution in [3.05, 3.63) is 23.3 Å². The second-order valence-electron chi connectivity index (χ2n) is 34.9. The molecule has 3 rings (SSSR count). The Hall–Kier alpha value is 2.55. The zero-order chi connectivity index (χ0) is 75.2. The van der Waals surface area contributed by atoms with Crippen LogP contribution in [0.3, 0.4) is 0 Å². The molecule has 1 aromatic carbocycles. The maximum atomic E-state index is 12.3. The maximum Gasteiger partial charge on any atom is 4.00 e. The molecular formula is C76H162Ce2O10Si6. The van der Waals surface area contributed by atoms with Gasteiger partial charge in [-0.1, -0.05) is 414 Å². The van der Waals surface area contributed by atoms with Crippen molar-refractivity contribution < 1.29 is 132 Å². The van der Waals surface area contributed by atoms with E-state index in [1.807, 2.05) is 41.5 Å². The fourth-order valence-corrected chi connectivity index (χ4v) is 38.8. The van der Waals surface area contributed by atoms with Crippen molar-refractivity contribution in [3.8, 4) is 11.5 Å². The normalized spacial score (nSPS) is 14.3. The van der Waals surface area contributed by atoms with E-state index in [4.69, 9.17) is 9.47 Å². The maximum absolute atomic E-state index is 12.3. The summed E-state index contributed by atoms with van der Waals surface area (Å²) >= 11 is 0. The van der Waals surface area contributed by atoms with Crippen LogP contribution in [0.15, 0.2) is 12.1 Å². The van der Waals surface area contributed by atoms with Crippen LogP contribution >= 0.6 is 0 Å². The first-order valence-corrected chi connectivity index (χ1v) is 49.8. The molecule has 558 valence electrons. The summed E-state index contributed by atoms with van der Waals surface area (Å²) in [5.74, 6) is -0.0611. The number of hydrogen-bond acceptors (Lipinski definition) is 10. The first-order valence-electron chi connectivity index (χ1n) is 36.9. The van der Waals surface area contributed by atoms with Crippen molar-refractivity contribution in [1.82, 2.24) is 0 Å². The summed E-state index contributed by atoms with van der Waals surface area (Å²) in [7, 11) is -13.4. The third-order valence-electron chi connectivity index (χ3n) is 20.6. The Morgan fingerprint density at radius 1 is 0.245 bits per heavy atom. The number of rotatable bonds is 18. The molecule has 2 heterocycles. The Kier molecular flexibility index (Phi) is 61.8. The Bertz CT molecular complexity index is 1560. The van der Waals surface area contributed by atoms with E-state index in [0.29, 0.717) is 111 Å². The first-order chi connectivity index (χ1) is 41.0. The van der Waals surface area contributed by atoms with Crippen LogP contribution in [-0.4, -0.2) is 76.3 Å². The van der Waals surface area contributed by atoms with E-state index < -0.39 is 49.9 Å². The standard InChI is InChI=1S/C14H22O2.6C9H21OSi.2C4H8O.2Ce/c1-13(2,3)9-7-12(16)10(8-11(9)15)14(4,5)6;6*1-7(2)11(10,8(3)4)9(5)6;2*1-2-4-5-3-1;;/h7-8,15-16H,1-6H3;6*7-9H,1-6H3;2*1-4H2;;/q;6*-1;;;2*+4/p-2. The molecule has 2 aliphatic rings. The predicted octanol–water partition coefficient (Wildman–Crippen LogP) is 19.2. The van der Waals surface area contributed by atoms with E-state index in [2.05, 4.69) is 249 Å². The molecule has 0 N–H and O–H groups in total. The Balaban J connectivity index is -0.000000149. The van der Waals surface area contributed by atoms with Gasteiger partial charge in [0.15, 0.2) is 0 Å². The summed E-state index contributed by atoms with van der Waals surface area (Å²) in [5.41, 5.74) is 7.20. The van der Waals surface area contributed by atoms with E-state index in [1.165, 1.54) is 37.8 Å². The van der Waals surface area contributed by atoms with E-state index in [1.54, 1.807) is 0 Å². The molecule has 2 aliphatic heterocycles. The number of ether oxygens (including phenoxy) is 2. The minimum absolute atomic E-state index is 0. The molecule has 2 fully saturated rings. The summed E-state index contributed by atoms with van der Waals surface area (Å²) < 4.78 is 9.89. The van der Waals surface area contributed by atoms with Crippen molar-refractivity contribution in [1.29, 1.82) is 0 Å². The molecular weight excluding hydrogens is 1520 g/mol. The van der Waals surface area contributed by atoms with Gasteiger partial charge < -0.3 is 48.5 Å². The van der Waals surface area contributed by atoms with E-state index >= 15 is 0 Å². The zero-order valence-corrected chi connectivity index (χ0v) is 82.6. The topological polar surface area (TPSA) is 203 Å². The molecule has 0 unspecified atom stereocenters. The monoisotopic (exact) mass is 1680 g/mol. The summed E-state index contributed by atoms with van der Waals surface area (Å²) in [6, 6.07) is 3.01. The van der Waals surface area contributed by atoms with Gasteiger partial charge in [0.25, 0.3) is 0 Å². The Morgan fingerprint density at radius 3 is 0.383 bits per heavy atom. The molecule has 0 bridgehead atoms. The quantitative estimate of drug-likeness (QED) is 0.127. The molecule has 0 radical (unpaired) electrons. The van der Waals surface area contributed by atoms with E-state index in [0.717, 1.165) is 26.4 Å². The average Bonchev–Trinajstić information content (AvgIpc) is 1.08. The number of hydrogen-bond donors (Lipinski definition) is 0. The van der Waals surface area contributed by atoms with Gasteiger partial charge in [0.2, 0.25) is 0 Å². The van der Waals surface area contributed by atoms with Crippen LogP contribution in [0.25, 0.3) is 0 Å². The summed E-state index contributed by atoms with van der Waals surface area (Å²) in [6.07, 6.45) is 5.11. The summed E-state index contributed by atoms with van der Waals surface area (Å²) in [5, 5.41) is 23.9. The van der Waals surface area contributed by atoms with Crippen LogP contribution in [0.1, 0.15) is 328 Å². The molecule has 0 saturated carbocycles. The van der Waals surface area contributed by atoms with E-state index in [-0.39, 0.29) is 106 Å².